The topological polar surface area (TPSA) is 29.5 Å². The highest BCUT2D eigenvalue weighted by Crippen LogP contribution is 2.22. The maximum absolute atomic E-state index is 13.3. The minimum atomic E-state index is -0.411. The van der Waals surface area contributed by atoms with Crippen LogP contribution >= 0.6 is 15.9 Å². The van der Waals surface area contributed by atoms with Crippen molar-refractivity contribution >= 4 is 21.8 Å². The lowest BCUT2D eigenvalue weighted by Crippen LogP contribution is -2.25. The number of hydrogen-bond acceptors (Lipinski definition) is 2. The van der Waals surface area contributed by atoms with Crippen LogP contribution in [0.3, 0.4) is 0 Å². The predicted molar refractivity (Wildman–Crippen MR) is 57.9 cm³/mol. The van der Waals surface area contributed by atoms with Crippen molar-refractivity contribution in [1.29, 1.82) is 0 Å². The Balaban J connectivity index is 3.15. The molecule has 1 rings (SSSR count). The highest BCUT2D eigenvalue weighted by Gasteiger charge is 2.16. The van der Waals surface area contributed by atoms with Gasteiger partial charge in [0.1, 0.15) is 5.82 Å². The highest BCUT2D eigenvalue weighted by atomic mass is 79.9. The molecular formula is C10H11BrFNO2. The van der Waals surface area contributed by atoms with Gasteiger partial charge in [-0.3, -0.25) is 9.63 Å². The van der Waals surface area contributed by atoms with Crippen LogP contribution in [0.2, 0.25) is 0 Å². The van der Waals surface area contributed by atoms with Gasteiger partial charge < -0.3 is 0 Å². The van der Waals surface area contributed by atoms with Gasteiger partial charge in [0.2, 0.25) is 0 Å². The molecule has 1 aromatic carbocycles. The zero-order chi connectivity index (χ0) is 11.6. The second-order valence-corrected chi connectivity index (χ2v) is 3.92. The first-order valence-corrected chi connectivity index (χ1v) is 5.04. The number of rotatable bonds is 2. The third-order valence-corrected chi connectivity index (χ3v) is 2.69. The van der Waals surface area contributed by atoms with Gasteiger partial charge in [0.05, 0.1) is 12.7 Å². The third-order valence-electron chi connectivity index (χ3n) is 2.04. The van der Waals surface area contributed by atoms with E-state index in [4.69, 9.17) is 4.84 Å². The Morgan fingerprint density at radius 3 is 2.67 bits per heavy atom. The molecule has 0 aliphatic heterocycles. The van der Waals surface area contributed by atoms with E-state index in [1.54, 1.807) is 13.0 Å². The van der Waals surface area contributed by atoms with Crippen LogP contribution in [0, 0.1) is 12.7 Å². The van der Waals surface area contributed by atoms with Crippen molar-refractivity contribution in [3.63, 3.8) is 0 Å². The largest absolute Gasteiger partial charge is 0.278 e. The maximum atomic E-state index is 13.3. The molecule has 0 aliphatic carbocycles. The number of hydrogen-bond donors (Lipinski definition) is 0. The Kier molecular flexibility index (Phi) is 3.82. The van der Waals surface area contributed by atoms with Crippen LogP contribution in [0.5, 0.6) is 0 Å². The van der Waals surface area contributed by atoms with Crippen molar-refractivity contribution in [2.24, 2.45) is 0 Å². The van der Waals surface area contributed by atoms with Crippen LogP contribution in [-0.4, -0.2) is 25.1 Å². The Morgan fingerprint density at radius 2 is 2.13 bits per heavy atom. The zero-order valence-electron chi connectivity index (χ0n) is 8.67. The van der Waals surface area contributed by atoms with Gasteiger partial charge >= 0.3 is 0 Å². The lowest BCUT2D eigenvalue weighted by Gasteiger charge is -2.15. The number of carbonyl (C=O) groups excluding carboxylic acids is 1. The summed E-state index contributed by atoms with van der Waals surface area (Å²) in [6.07, 6.45) is 0. The molecule has 0 radical (unpaired) electrons. The molecule has 0 unspecified atom stereocenters. The second kappa shape index (κ2) is 4.72. The lowest BCUT2D eigenvalue weighted by atomic mass is 10.1. The summed E-state index contributed by atoms with van der Waals surface area (Å²) in [4.78, 5) is 16.4. The second-order valence-electron chi connectivity index (χ2n) is 3.07. The molecular weight excluding hydrogens is 265 g/mol. The van der Waals surface area contributed by atoms with E-state index in [2.05, 4.69) is 15.9 Å². The van der Waals surface area contributed by atoms with E-state index in [1.165, 1.54) is 20.2 Å². The van der Waals surface area contributed by atoms with Crippen molar-refractivity contribution in [2.75, 3.05) is 14.2 Å². The summed E-state index contributed by atoms with van der Waals surface area (Å²) >= 11 is 3.21. The van der Waals surface area contributed by atoms with Crippen molar-refractivity contribution in [3.05, 3.63) is 33.5 Å². The Bertz CT molecular complexity index is 395. The molecule has 0 bridgehead atoms. The Hall–Kier alpha value is -0.940. The first-order chi connectivity index (χ1) is 6.97. The van der Waals surface area contributed by atoms with Crippen LogP contribution in [0.15, 0.2) is 16.6 Å². The number of carbonyl (C=O) groups is 1. The van der Waals surface area contributed by atoms with E-state index in [0.717, 1.165) is 5.06 Å². The number of amides is 1. The summed E-state index contributed by atoms with van der Waals surface area (Å²) in [6.45, 7) is 1.63. The van der Waals surface area contributed by atoms with Gasteiger partial charge in [-0.05, 0) is 40.5 Å². The lowest BCUT2D eigenvalue weighted by molar-refractivity contribution is -0.0757. The molecule has 82 valence electrons. The fraction of sp³-hybridized carbons (Fsp3) is 0.300. The minimum absolute atomic E-state index is 0.238. The standard InChI is InChI=1S/C10H11BrFNO2/c1-6-4-8(11)7(5-9(6)12)10(14)13(2)15-3/h4-5H,1-3H3. The van der Waals surface area contributed by atoms with Crippen molar-refractivity contribution < 1.29 is 14.0 Å². The molecule has 0 N–H and O–H groups in total. The maximum Gasteiger partial charge on any atom is 0.278 e. The van der Waals surface area contributed by atoms with E-state index >= 15 is 0 Å². The first-order valence-electron chi connectivity index (χ1n) is 4.25. The van der Waals surface area contributed by atoms with Crippen LogP contribution in [0.4, 0.5) is 4.39 Å². The summed E-state index contributed by atoms with van der Waals surface area (Å²) in [7, 11) is 2.84. The summed E-state index contributed by atoms with van der Waals surface area (Å²) in [5, 5.41) is 1.04. The van der Waals surface area contributed by atoms with Gasteiger partial charge in [-0.1, -0.05) is 0 Å². The minimum Gasteiger partial charge on any atom is -0.274 e. The fourth-order valence-electron chi connectivity index (χ4n) is 1.06. The van der Waals surface area contributed by atoms with Crippen LogP contribution < -0.4 is 0 Å². The van der Waals surface area contributed by atoms with Crippen molar-refractivity contribution in [2.45, 2.75) is 6.92 Å². The third kappa shape index (κ3) is 2.54. The molecule has 0 aromatic heterocycles. The molecule has 0 atom stereocenters. The van der Waals surface area contributed by atoms with E-state index < -0.39 is 11.7 Å². The van der Waals surface area contributed by atoms with Gasteiger partial charge in [0, 0.05) is 11.5 Å². The van der Waals surface area contributed by atoms with Gasteiger partial charge in [0.15, 0.2) is 0 Å². The average molecular weight is 276 g/mol. The van der Waals surface area contributed by atoms with Crippen LogP contribution in [0.1, 0.15) is 15.9 Å². The molecule has 1 aromatic rings. The first kappa shape index (κ1) is 12.1. The van der Waals surface area contributed by atoms with E-state index in [-0.39, 0.29) is 5.56 Å². The number of benzene rings is 1. The molecule has 3 nitrogen and oxygen atoms in total. The molecule has 0 fully saturated rings. The quantitative estimate of drug-likeness (QED) is 0.777. The molecule has 5 heteroatoms. The average Bonchev–Trinajstić information content (AvgIpc) is 2.21. The van der Waals surface area contributed by atoms with Crippen molar-refractivity contribution in [3.8, 4) is 0 Å². The summed E-state index contributed by atoms with van der Waals surface area (Å²) in [5.74, 6) is -0.811. The van der Waals surface area contributed by atoms with E-state index in [9.17, 15) is 9.18 Å². The number of nitrogens with zero attached hydrogens (tertiary/aromatic N) is 1. The molecule has 0 spiro atoms. The van der Waals surface area contributed by atoms with Gasteiger partial charge in [-0.25, -0.2) is 9.45 Å². The summed E-state index contributed by atoms with van der Waals surface area (Å²) in [6, 6.07) is 2.75. The SMILES string of the molecule is CON(C)C(=O)c1cc(F)c(C)cc1Br. The normalized spacial score (nSPS) is 10.2. The Morgan fingerprint density at radius 1 is 1.53 bits per heavy atom. The molecule has 0 aliphatic rings. The molecule has 0 saturated heterocycles. The van der Waals surface area contributed by atoms with Crippen LogP contribution in [-0.2, 0) is 4.84 Å². The molecule has 1 amide bonds. The van der Waals surface area contributed by atoms with Gasteiger partial charge in [-0.15, -0.1) is 0 Å². The van der Waals surface area contributed by atoms with Crippen molar-refractivity contribution in [1.82, 2.24) is 5.06 Å². The summed E-state index contributed by atoms with van der Waals surface area (Å²) < 4.78 is 13.8. The molecule has 0 heterocycles. The van der Waals surface area contributed by atoms with E-state index in [0.29, 0.717) is 10.0 Å². The van der Waals surface area contributed by atoms with Gasteiger partial charge in [0.25, 0.3) is 5.91 Å². The predicted octanol–water partition coefficient (Wildman–Crippen LogP) is 2.53. The molecule has 15 heavy (non-hydrogen) atoms. The van der Waals surface area contributed by atoms with Crippen LogP contribution in [0.25, 0.3) is 0 Å². The van der Waals surface area contributed by atoms with E-state index in [1.807, 2.05) is 0 Å². The number of hydroxylamine groups is 2. The Labute approximate surface area is 95.9 Å². The number of aryl methyl sites for hydroxylation is 1. The zero-order valence-corrected chi connectivity index (χ0v) is 10.3. The summed E-state index contributed by atoms with van der Waals surface area (Å²) in [5.41, 5.74) is 0.723. The fourth-order valence-corrected chi connectivity index (χ4v) is 1.69. The highest BCUT2D eigenvalue weighted by molar-refractivity contribution is 9.10. The monoisotopic (exact) mass is 275 g/mol. The number of halogens is 2. The molecule has 0 saturated carbocycles. The smallest absolute Gasteiger partial charge is 0.274 e. The van der Waals surface area contributed by atoms with Gasteiger partial charge in [-0.2, -0.15) is 0 Å².